The summed E-state index contributed by atoms with van der Waals surface area (Å²) in [6.45, 7) is 0.568. The molecule has 2 heterocycles. The Bertz CT molecular complexity index is 1190. The van der Waals surface area contributed by atoms with E-state index >= 15 is 0 Å². The van der Waals surface area contributed by atoms with E-state index in [0.717, 1.165) is 28.8 Å². The van der Waals surface area contributed by atoms with Crippen LogP contribution in [0.3, 0.4) is 0 Å². The summed E-state index contributed by atoms with van der Waals surface area (Å²) in [5.74, 6) is -0.146. The number of benzene rings is 3. The van der Waals surface area contributed by atoms with Gasteiger partial charge in [0.05, 0.1) is 0 Å². The minimum atomic E-state index is -1.28. The molecule has 0 radical (unpaired) electrons. The average Bonchev–Trinajstić information content (AvgIpc) is 3.03. The van der Waals surface area contributed by atoms with Crippen LogP contribution in [-0.2, 0) is 16.1 Å². The zero-order valence-electron chi connectivity index (χ0n) is 16.4. The monoisotopic (exact) mass is 412 g/mol. The van der Waals surface area contributed by atoms with Crippen LogP contribution in [0, 0.1) is 0 Å². The zero-order valence-corrected chi connectivity index (χ0v) is 17.1. The molecule has 0 aliphatic carbocycles. The van der Waals surface area contributed by atoms with Crippen molar-refractivity contribution in [3.8, 4) is 0 Å². The van der Waals surface area contributed by atoms with Crippen molar-refractivity contribution in [3.05, 3.63) is 114 Å². The molecule has 148 valence electrons. The molecule has 1 N–H and O–H groups in total. The SMILES string of the molecule is O=C(N1C=Cc2[nH]c3ccccc3c2CC1)C(Cl)(c1ccccc1)c1ccccc1. The molecule has 5 rings (SSSR count). The van der Waals surface area contributed by atoms with E-state index in [1.54, 1.807) is 4.90 Å². The van der Waals surface area contributed by atoms with Crippen LogP contribution >= 0.6 is 11.6 Å². The van der Waals surface area contributed by atoms with E-state index in [0.29, 0.717) is 6.54 Å². The Morgan fingerprint density at radius 3 is 2.13 bits per heavy atom. The molecule has 0 saturated carbocycles. The highest BCUT2D eigenvalue weighted by Crippen LogP contribution is 2.39. The highest BCUT2D eigenvalue weighted by atomic mass is 35.5. The molecule has 4 heteroatoms. The lowest BCUT2D eigenvalue weighted by atomic mass is 9.89. The number of amides is 1. The van der Waals surface area contributed by atoms with Crippen LogP contribution < -0.4 is 0 Å². The lowest BCUT2D eigenvalue weighted by Gasteiger charge is -2.31. The largest absolute Gasteiger partial charge is 0.355 e. The number of para-hydroxylation sites is 1. The van der Waals surface area contributed by atoms with Crippen molar-refractivity contribution in [3.63, 3.8) is 0 Å². The van der Waals surface area contributed by atoms with Crippen molar-refractivity contribution in [2.24, 2.45) is 0 Å². The number of carbonyl (C=O) groups excluding carboxylic acids is 1. The lowest BCUT2D eigenvalue weighted by Crippen LogP contribution is -2.42. The molecule has 3 aromatic carbocycles. The molecule has 0 spiro atoms. The van der Waals surface area contributed by atoms with Crippen LogP contribution in [0.5, 0.6) is 0 Å². The number of aromatic nitrogens is 1. The highest BCUT2D eigenvalue weighted by molar-refractivity contribution is 6.37. The van der Waals surface area contributed by atoms with Gasteiger partial charge in [0.1, 0.15) is 0 Å². The molecule has 0 saturated heterocycles. The maximum Gasteiger partial charge on any atom is 0.256 e. The van der Waals surface area contributed by atoms with Gasteiger partial charge < -0.3 is 9.88 Å². The van der Waals surface area contributed by atoms with Crippen molar-refractivity contribution in [1.82, 2.24) is 9.88 Å². The van der Waals surface area contributed by atoms with Gasteiger partial charge in [0.2, 0.25) is 0 Å². The van der Waals surface area contributed by atoms with Crippen molar-refractivity contribution in [2.75, 3.05) is 6.54 Å². The maximum absolute atomic E-state index is 13.8. The number of nitrogens with zero attached hydrogens (tertiary/aromatic N) is 1. The lowest BCUT2D eigenvalue weighted by molar-refractivity contribution is -0.130. The normalized spacial score (nSPS) is 13.8. The Hall–Kier alpha value is -3.30. The summed E-state index contributed by atoms with van der Waals surface area (Å²) in [6, 6.07) is 27.4. The summed E-state index contributed by atoms with van der Waals surface area (Å²) in [7, 11) is 0. The number of carbonyl (C=O) groups is 1. The van der Waals surface area contributed by atoms with Gasteiger partial charge in [0.25, 0.3) is 5.91 Å². The van der Waals surface area contributed by atoms with E-state index in [1.807, 2.05) is 85.1 Å². The van der Waals surface area contributed by atoms with Gasteiger partial charge in [-0.3, -0.25) is 4.79 Å². The van der Waals surface area contributed by atoms with Crippen LogP contribution in [-0.4, -0.2) is 22.3 Å². The summed E-state index contributed by atoms with van der Waals surface area (Å²) >= 11 is 7.17. The molecular weight excluding hydrogens is 392 g/mol. The summed E-state index contributed by atoms with van der Waals surface area (Å²) in [6.07, 6.45) is 4.59. The Labute approximate surface area is 180 Å². The smallest absolute Gasteiger partial charge is 0.256 e. The van der Waals surface area contributed by atoms with Crippen molar-refractivity contribution in [1.29, 1.82) is 0 Å². The van der Waals surface area contributed by atoms with E-state index in [4.69, 9.17) is 11.6 Å². The second kappa shape index (κ2) is 7.51. The number of fused-ring (bicyclic) bond motifs is 3. The van der Waals surface area contributed by atoms with Gasteiger partial charge >= 0.3 is 0 Å². The molecule has 0 unspecified atom stereocenters. The fourth-order valence-electron chi connectivity index (χ4n) is 4.22. The predicted molar refractivity (Wildman–Crippen MR) is 122 cm³/mol. The molecular formula is C26H21ClN2O. The molecule has 0 bridgehead atoms. The quantitative estimate of drug-likeness (QED) is 0.430. The number of hydrogen-bond donors (Lipinski definition) is 1. The molecule has 30 heavy (non-hydrogen) atoms. The van der Waals surface area contributed by atoms with Crippen molar-refractivity contribution < 1.29 is 4.79 Å². The number of rotatable bonds is 3. The van der Waals surface area contributed by atoms with E-state index in [2.05, 4.69) is 17.1 Å². The molecule has 4 aromatic rings. The van der Waals surface area contributed by atoms with Crippen LogP contribution in [0.15, 0.2) is 91.1 Å². The van der Waals surface area contributed by atoms with Crippen LogP contribution in [0.1, 0.15) is 22.4 Å². The fourth-order valence-corrected chi connectivity index (χ4v) is 4.58. The van der Waals surface area contributed by atoms with Crippen LogP contribution in [0.25, 0.3) is 17.0 Å². The molecule has 1 aliphatic heterocycles. The third-order valence-corrected chi connectivity index (χ3v) is 6.37. The number of aromatic amines is 1. The number of halogens is 1. The first-order valence-electron chi connectivity index (χ1n) is 10.1. The molecule has 3 nitrogen and oxygen atoms in total. The van der Waals surface area contributed by atoms with E-state index in [9.17, 15) is 4.79 Å². The Morgan fingerprint density at radius 2 is 1.47 bits per heavy atom. The fraction of sp³-hybridized carbons (Fsp3) is 0.115. The van der Waals surface area contributed by atoms with Crippen LogP contribution in [0.2, 0.25) is 0 Å². The molecule has 0 fully saturated rings. The molecule has 0 atom stereocenters. The highest BCUT2D eigenvalue weighted by Gasteiger charge is 2.42. The average molecular weight is 413 g/mol. The third kappa shape index (κ3) is 3.03. The second-order valence-electron chi connectivity index (χ2n) is 7.52. The zero-order chi connectivity index (χ0) is 20.6. The summed E-state index contributed by atoms with van der Waals surface area (Å²) in [5, 5.41) is 1.20. The van der Waals surface area contributed by atoms with E-state index in [1.165, 1.54) is 10.9 Å². The predicted octanol–water partition coefficient (Wildman–Crippen LogP) is 5.71. The first-order valence-corrected chi connectivity index (χ1v) is 10.4. The Kier molecular flexibility index (Phi) is 4.68. The van der Waals surface area contributed by atoms with Crippen molar-refractivity contribution in [2.45, 2.75) is 11.3 Å². The van der Waals surface area contributed by atoms with Gasteiger partial charge in [-0.1, -0.05) is 90.5 Å². The standard InChI is InChI=1S/C26H21ClN2O/c27-26(19-9-3-1-4-10-19,20-11-5-2-6-12-20)25(30)29-17-15-22-21-13-7-8-14-23(21)28-24(22)16-18-29/h1-14,16,18,28H,15,17H2. The second-order valence-corrected chi connectivity index (χ2v) is 8.08. The van der Waals surface area contributed by atoms with Gasteiger partial charge in [-0.2, -0.15) is 0 Å². The van der Waals surface area contributed by atoms with Gasteiger partial charge in [-0.05, 0) is 35.3 Å². The molecule has 1 amide bonds. The van der Waals surface area contributed by atoms with Gasteiger partial charge in [-0.25, -0.2) is 0 Å². The molecule has 1 aliphatic rings. The van der Waals surface area contributed by atoms with E-state index in [-0.39, 0.29) is 5.91 Å². The summed E-state index contributed by atoms with van der Waals surface area (Å²) < 4.78 is 0. The maximum atomic E-state index is 13.8. The molecule has 1 aromatic heterocycles. The minimum Gasteiger partial charge on any atom is -0.355 e. The van der Waals surface area contributed by atoms with Gasteiger partial charge in [-0.15, -0.1) is 0 Å². The van der Waals surface area contributed by atoms with Crippen LogP contribution in [0.4, 0.5) is 0 Å². The number of hydrogen-bond acceptors (Lipinski definition) is 1. The van der Waals surface area contributed by atoms with Gasteiger partial charge in [0.15, 0.2) is 4.87 Å². The Balaban J connectivity index is 1.54. The van der Waals surface area contributed by atoms with Crippen molar-refractivity contribution >= 4 is 34.5 Å². The topological polar surface area (TPSA) is 36.1 Å². The summed E-state index contributed by atoms with van der Waals surface area (Å²) in [5.41, 5.74) is 4.93. The number of alkyl halides is 1. The van der Waals surface area contributed by atoms with Gasteiger partial charge in [0, 0.05) is 29.3 Å². The Morgan fingerprint density at radius 1 is 0.867 bits per heavy atom. The third-order valence-electron chi connectivity index (χ3n) is 5.77. The number of H-pyrrole nitrogens is 1. The van der Waals surface area contributed by atoms with E-state index < -0.39 is 4.87 Å². The first-order chi connectivity index (χ1) is 14.7. The first kappa shape index (κ1) is 18.7. The summed E-state index contributed by atoms with van der Waals surface area (Å²) in [4.78, 5) is 17.8. The number of nitrogens with one attached hydrogen (secondary N) is 1. The minimum absolute atomic E-state index is 0.146.